The molecule has 1 atom stereocenters. The molecule has 1 unspecified atom stereocenters. The molecule has 0 bridgehead atoms. The molecule has 0 radical (unpaired) electrons. The van der Waals surface area contributed by atoms with E-state index in [2.05, 4.69) is 31.2 Å². The van der Waals surface area contributed by atoms with Crippen LogP contribution >= 0.6 is 0 Å². The molecule has 0 aliphatic carbocycles. The van der Waals surface area contributed by atoms with Gasteiger partial charge in [0, 0.05) is 6.61 Å². The van der Waals surface area contributed by atoms with Crippen LogP contribution in [-0.4, -0.2) is 18.5 Å². The predicted molar refractivity (Wildman–Crippen MR) is 61.7 cm³/mol. The topological polar surface area (TPSA) is 29.5 Å². The van der Waals surface area contributed by atoms with Crippen molar-refractivity contribution in [3.8, 4) is 0 Å². The van der Waals surface area contributed by atoms with Crippen LogP contribution in [0.2, 0.25) is 0 Å². The Morgan fingerprint density at radius 3 is 2.60 bits per heavy atom. The molecule has 84 valence electrons. The van der Waals surface area contributed by atoms with Crippen molar-refractivity contribution in [2.45, 2.75) is 32.1 Å². The summed E-state index contributed by atoms with van der Waals surface area (Å²) >= 11 is 0. The van der Waals surface area contributed by atoms with Crippen molar-refractivity contribution < 1.29 is 9.84 Å². The van der Waals surface area contributed by atoms with Gasteiger partial charge in [0.2, 0.25) is 0 Å². The molecular formula is C13H20O2. The molecule has 1 aromatic rings. The van der Waals surface area contributed by atoms with Gasteiger partial charge in [0.15, 0.2) is 0 Å². The first kappa shape index (κ1) is 12.2. The Hall–Kier alpha value is -0.860. The summed E-state index contributed by atoms with van der Waals surface area (Å²) < 4.78 is 4.92. The molecule has 0 spiro atoms. The van der Waals surface area contributed by atoms with Crippen LogP contribution in [-0.2, 0) is 4.74 Å². The number of aliphatic hydroxyl groups excluding tert-OH is 1. The van der Waals surface area contributed by atoms with Crippen LogP contribution in [0.15, 0.2) is 30.3 Å². The fraction of sp³-hybridized carbons (Fsp3) is 0.538. The van der Waals surface area contributed by atoms with Crippen LogP contribution in [0.5, 0.6) is 0 Å². The molecule has 2 heteroatoms. The first-order valence-corrected chi connectivity index (χ1v) is 5.62. The third kappa shape index (κ3) is 4.45. The van der Waals surface area contributed by atoms with E-state index in [0.29, 0.717) is 12.5 Å². The molecule has 0 heterocycles. The summed E-state index contributed by atoms with van der Waals surface area (Å²) in [6.45, 7) is 2.70. The van der Waals surface area contributed by atoms with Crippen molar-refractivity contribution in [3.05, 3.63) is 35.9 Å². The lowest BCUT2D eigenvalue weighted by Gasteiger charge is -2.14. The van der Waals surface area contributed by atoms with Crippen molar-refractivity contribution in [2.75, 3.05) is 13.4 Å². The summed E-state index contributed by atoms with van der Waals surface area (Å²) in [6, 6.07) is 10.6. The van der Waals surface area contributed by atoms with Gasteiger partial charge in [-0.2, -0.15) is 0 Å². The van der Waals surface area contributed by atoms with Crippen LogP contribution < -0.4 is 0 Å². The Kier molecular flexibility index (Phi) is 6.05. The van der Waals surface area contributed by atoms with Gasteiger partial charge in [-0.25, -0.2) is 0 Å². The maximum Gasteiger partial charge on any atom is 0.143 e. The van der Waals surface area contributed by atoms with Crippen molar-refractivity contribution in [3.63, 3.8) is 0 Å². The summed E-state index contributed by atoms with van der Waals surface area (Å²) in [5.74, 6) is 0.619. The average Bonchev–Trinajstić information content (AvgIpc) is 2.30. The van der Waals surface area contributed by atoms with Gasteiger partial charge in [0.05, 0.1) is 0 Å². The van der Waals surface area contributed by atoms with Gasteiger partial charge < -0.3 is 9.84 Å². The summed E-state index contributed by atoms with van der Waals surface area (Å²) in [7, 11) is 0. The van der Waals surface area contributed by atoms with E-state index < -0.39 is 0 Å². The molecule has 15 heavy (non-hydrogen) atoms. The first-order chi connectivity index (χ1) is 7.38. The van der Waals surface area contributed by atoms with Crippen LogP contribution in [0, 0.1) is 0 Å². The Bertz CT molecular complexity index is 246. The molecule has 2 nitrogen and oxygen atoms in total. The van der Waals surface area contributed by atoms with Crippen molar-refractivity contribution in [1.82, 2.24) is 0 Å². The highest BCUT2D eigenvalue weighted by molar-refractivity contribution is 5.19. The minimum Gasteiger partial charge on any atom is -0.371 e. The SMILES string of the molecule is CCC(CCCOCO)c1ccccc1. The number of hydrogen-bond donors (Lipinski definition) is 1. The molecule has 0 amide bonds. The quantitative estimate of drug-likeness (QED) is 0.551. The zero-order valence-corrected chi connectivity index (χ0v) is 9.36. The summed E-state index contributed by atoms with van der Waals surface area (Å²) in [5, 5.41) is 8.48. The summed E-state index contributed by atoms with van der Waals surface area (Å²) in [6.07, 6.45) is 3.29. The maximum absolute atomic E-state index is 8.48. The smallest absolute Gasteiger partial charge is 0.143 e. The Labute approximate surface area is 91.9 Å². The van der Waals surface area contributed by atoms with Crippen molar-refractivity contribution in [2.24, 2.45) is 0 Å². The normalized spacial score (nSPS) is 12.7. The largest absolute Gasteiger partial charge is 0.371 e. The number of benzene rings is 1. The number of ether oxygens (including phenoxy) is 1. The van der Waals surface area contributed by atoms with Crippen LogP contribution in [0.3, 0.4) is 0 Å². The second-order valence-corrected chi connectivity index (χ2v) is 3.70. The standard InChI is InChI=1S/C13H20O2/c1-2-12(9-6-10-15-11-14)13-7-4-3-5-8-13/h3-5,7-8,12,14H,2,6,9-11H2,1H3. The minimum atomic E-state index is -0.165. The summed E-state index contributed by atoms with van der Waals surface area (Å²) in [5.41, 5.74) is 1.41. The first-order valence-electron chi connectivity index (χ1n) is 5.62. The predicted octanol–water partition coefficient (Wildman–Crippen LogP) is 2.93. The van der Waals surface area contributed by atoms with Crippen LogP contribution in [0.25, 0.3) is 0 Å². The fourth-order valence-electron chi connectivity index (χ4n) is 1.83. The molecular weight excluding hydrogens is 188 g/mol. The molecule has 0 aliphatic heterocycles. The molecule has 1 rings (SSSR count). The van der Waals surface area contributed by atoms with Crippen LogP contribution in [0.4, 0.5) is 0 Å². The lowest BCUT2D eigenvalue weighted by molar-refractivity contribution is -0.00318. The molecule has 0 aliphatic rings. The van der Waals surface area contributed by atoms with Gasteiger partial charge in [0.25, 0.3) is 0 Å². The molecule has 0 aromatic heterocycles. The van der Waals surface area contributed by atoms with Gasteiger partial charge in [-0.15, -0.1) is 0 Å². The highest BCUT2D eigenvalue weighted by Gasteiger charge is 2.07. The van der Waals surface area contributed by atoms with Gasteiger partial charge >= 0.3 is 0 Å². The zero-order chi connectivity index (χ0) is 10.9. The van der Waals surface area contributed by atoms with E-state index in [1.807, 2.05) is 6.07 Å². The van der Waals surface area contributed by atoms with E-state index in [1.54, 1.807) is 0 Å². The molecule has 0 fully saturated rings. The van der Waals surface area contributed by atoms with E-state index >= 15 is 0 Å². The van der Waals surface area contributed by atoms with Gasteiger partial charge in [-0.1, -0.05) is 37.3 Å². The molecule has 0 saturated heterocycles. The highest BCUT2D eigenvalue weighted by atomic mass is 16.6. The van der Waals surface area contributed by atoms with Gasteiger partial charge in [-0.3, -0.25) is 0 Å². The Morgan fingerprint density at radius 1 is 1.27 bits per heavy atom. The molecule has 1 N–H and O–H groups in total. The number of rotatable bonds is 7. The third-order valence-electron chi connectivity index (χ3n) is 2.70. The van der Waals surface area contributed by atoms with E-state index in [0.717, 1.165) is 19.3 Å². The van der Waals surface area contributed by atoms with Gasteiger partial charge in [-0.05, 0) is 30.7 Å². The number of aliphatic hydroxyl groups is 1. The van der Waals surface area contributed by atoms with Crippen molar-refractivity contribution >= 4 is 0 Å². The minimum absolute atomic E-state index is 0.165. The third-order valence-corrected chi connectivity index (χ3v) is 2.70. The van der Waals surface area contributed by atoms with E-state index in [4.69, 9.17) is 9.84 Å². The Balaban J connectivity index is 2.36. The Morgan fingerprint density at radius 2 is 2.00 bits per heavy atom. The molecule has 0 saturated carbocycles. The van der Waals surface area contributed by atoms with E-state index in [1.165, 1.54) is 5.56 Å². The lowest BCUT2D eigenvalue weighted by Crippen LogP contribution is -2.01. The second kappa shape index (κ2) is 7.43. The summed E-state index contributed by atoms with van der Waals surface area (Å²) in [4.78, 5) is 0. The van der Waals surface area contributed by atoms with E-state index in [-0.39, 0.29) is 6.79 Å². The maximum atomic E-state index is 8.48. The average molecular weight is 208 g/mol. The highest BCUT2D eigenvalue weighted by Crippen LogP contribution is 2.24. The van der Waals surface area contributed by atoms with Gasteiger partial charge in [0.1, 0.15) is 6.79 Å². The number of hydrogen-bond acceptors (Lipinski definition) is 2. The lowest BCUT2D eigenvalue weighted by atomic mass is 9.92. The second-order valence-electron chi connectivity index (χ2n) is 3.70. The molecule has 1 aromatic carbocycles. The monoisotopic (exact) mass is 208 g/mol. The van der Waals surface area contributed by atoms with Crippen molar-refractivity contribution in [1.29, 1.82) is 0 Å². The fourth-order valence-corrected chi connectivity index (χ4v) is 1.83. The zero-order valence-electron chi connectivity index (χ0n) is 9.36. The van der Waals surface area contributed by atoms with Crippen LogP contribution in [0.1, 0.15) is 37.7 Å². The van der Waals surface area contributed by atoms with E-state index in [9.17, 15) is 0 Å².